The molecule has 1 aromatic heterocycles. The smallest absolute Gasteiger partial charge is 0.152 e. The summed E-state index contributed by atoms with van der Waals surface area (Å²) in [5.74, 6) is 0.402. The van der Waals surface area contributed by atoms with E-state index in [4.69, 9.17) is 0 Å². The molecule has 2 rings (SSSR count). The van der Waals surface area contributed by atoms with E-state index in [0.717, 1.165) is 5.56 Å². The van der Waals surface area contributed by atoms with Gasteiger partial charge in [0.1, 0.15) is 0 Å². The van der Waals surface area contributed by atoms with Gasteiger partial charge >= 0.3 is 0 Å². The van der Waals surface area contributed by atoms with Gasteiger partial charge in [-0.15, -0.1) is 0 Å². The van der Waals surface area contributed by atoms with E-state index in [1.54, 1.807) is 17.1 Å². The zero-order valence-electron chi connectivity index (χ0n) is 9.20. The van der Waals surface area contributed by atoms with Crippen molar-refractivity contribution >= 4 is 9.84 Å². The fourth-order valence-electron chi connectivity index (χ4n) is 1.94. The second-order valence-corrected chi connectivity index (χ2v) is 6.46. The van der Waals surface area contributed by atoms with Crippen molar-refractivity contribution in [3.05, 3.63) is 18.0 Å². The first kappa shape index (κ1) is 11.6. The van der Waals surface area contributed by atoms with Crippen molar-refractivity contribution in [2.45, 2.75) is 31.9 Å². The molecule has 0 bridgehead atoms. The number of sulfone groups is 1. The zero-order valence-corrected chi connectivity index (χ0v) is 10.0. The Bertz CT molecular complexity index is 466. The van der Waals surface area contributed by atoms with Crippen molar-refractivity contribution in [3.63, 3.8) is 0 Å². The molecule has 1 aliphatic heterocycles. The van der Waals surface area contributed by atoms with Crippen molar-refractivity contribution in [3.8, 4) is 0 Å². The Kier molecular flexibility index (Phi) is 3.03. The molecule has 0 aliphatic carbocycles. The second-order valence-electron chi connectivity index (χ2n) is 4.23. The molecular formula is C10H16N2O3S. The van der Waals surface area contributed by atoms with Crippen LogP contribution in [0.4, 0.5) is 0 Å². The average Bonchev–Trinajstić information content (AvgIpc) is 2.83. The minimum absolute atomic E-state index is 0.0668. The van der Waals surface area contributed by atoms with Gasteiger partial charge < -0.3 is 5.11 Å². The molecule has 0 amide bonds. The minimum Gasteiger partial charge on any atom is -0.388 e. The molecule has 2 unspecified atom stereocenters. The molecule has 1 N–H and O–H groups in total. The molecule has 0 saturated carbocycles. The quantitative estimate of drug-likeness (QED) is 0.849. The van der Waals surface area contributed by atoms with Gasteiger partial charge in [0, 0.05) is 11.8 Å². The number of hydrogen-bond donors (Lipinski definition) is 1. The van der Waals surface area contributed by atoms with Crippen LogP contribution in [-0.2, 0) is 9.84 Å². The van der Waals surface area contributed by atoms with E-state index in [-0.39, 0.29) is 17.5 Å². The van der Waals surface area contributed by atoms with Crippen LogP contribution in [0.15, 0.2) is 12.4 Å². The van der Waals surface area contributed by atoms with Crippen molar-refractivity contribution in [1.29, 1.82) is 0 Å². The van der Waals surface area contributed by atoms with Gasteiger partial charge in [-0.05, 0) is 12.8 Å². The number of nitrogens with zero attached hydrogens (tertiary/aromatic N) is 2. The molecule has 0 spiro atoms. The maximum Gasteiger partial charge on any atom is 0.152 e. The van der Waals surface area contributed by atoms with Crippen molar-refractivity contribution in [2.75, 3.05) is 11.5 Å². The second kappa shape index (κ2) is 4.18. The molecule has 1 aliphatic rings. The van der Waals surface area contributed by atoms with Gasteiger partial charge in [0.25, 0.3) is 0 Å². The first-order valence-electron chi connectivity index (χ1n) is 5.44. The maximum absolute atomic E-state index is 11.3. The Labute approximate surface area is 95.0 Å². The molecule has 0 radical (unpaired) electrons. The molecule has 1 aromatic rings. The average molecular weight is 244 g/mol. The third kappa shape index (κ3) is 2.27. The highest BCUT2D eigenvalue weighted by atomic mass is 32.2. The molecule has 2 heterocycles. The van der Waals surface area contributed by atoms with Gasteiger partial charge in [-0.25, -0.2) is 8.42 Å². The lowest BCUT2D eigenvalue weighted by Gasteiger charge is -2.08. The topological polar surface area (TPSA) is 72.2 Å². The Hall–Kier alpha value is -0.880. The molecule has 90 valence electrons. The molecule has 2 atom stereocenters. The van der Waals surface area contributed by atoms with E-state index in [2.05, 4.69) is 5.10 Å². The van der Waals surface area contributed by atoms with Crippen LogP contribution < -0.4 is 0 Å². The summed E-state index contributed by atoms with van der Waals surface area (Å²) in [6.45, 7) is 1.89. The first-order valence-corrected chi connectivity index (χ1v) is 7.26. The fraction of sp³-hybridized carbons (Fsp3) is 0.700. The minimum atomic E-state index is -2.88. The Balaban J connectivity index is 2.14. The van der Waals surface area contributed by atoms with Crippen LogP contribution in [0.25, 0.3) is 0 Å². The summed E-state index contributed by atoms with van der Waals surface area (Å²) in [4.78, 5) is 0. The van der Waals surface area contributed by atoms with Crippen LogP contribution >= 0.6 is 0 Å². The van der Waals surface area contributed by atoms with Gasteiger partial charge in [-0.1, -0.05) is 6.92 Å². The highest BCUT2D eigenvalue weighted by Gasteiger charge is 2.29. The molecule has 16 heavy (non-hydrogen) atoms. The summed E-state index contributed by atoms with van der Waals surface area (Å²) in [5.41, 5.74) is 0.756. The molecule has 5 nitrogen and oxygen atoms in total. The van der Waals surface area contributed by atoms with E-state index in [1.807, 2.05) is 6.92 Å². The summed E-state index contributed by atoms with van der Waals surface area (Å²) >= 11 is 0. The lowest BCUT2D eigenvalue weighted by atomic mass is 10.1. The van der Waals surface area contributed by atoms with E-state index >= 15 is 0 Å². The van der Waals surface area contributed by atoms with Gasteiger partial charge in [0.05, 0.1) is 29.8 Å². The monoisotopic (exact) mass is 244 g/mol. The summed E-state index contributed by atoms with van der Waals surface area (Å²) in [5, 5.41) is 13.7. The van der Waals surface area contributed by atoms with E-state index < -0.39 is 15.9 Å². The number of aliphatic hydroxyl groups excluding tert-OH is 1. The Morgan fingerprint density at radius 1 is 1.69 bits per heavy atom. The first-order chi connectivity index (χ1) is 7.52. The summed E-state index contributed by atoms with van der Waals surface area (Å²) < 4.78 is 24.3. The summed E-state index contributed by atoms with van der Waals surface area (Å²) in [6.07, 6.45) is 4.10. The normalized spacial score (nSPS) is 25.8. The van der Waals surface area contributed by atoms with Crippen LogP contribution in [0.3, 0.4) is 0 Å². The van der Waals surface area contributed by atoms with E-state index in [9.17, 15) is 13.5 Å². The standard InChI is InChI=1S/C10H16N2O3S/c1-2-10(13)8-5-11-12(6-8)9-3-4-16(14,15)7-9/h5-6,9-10,13H,2-4,7H2,1H3. The third-order valence-electron chi connectivity index (χ3n) is 2.98. The van der Waals surface area contributed by atoms with Crippen LogP contribution in [0.1, 0.15) is 37.5 Å². The van der Waals surface area contributed by atoms with Crippen molar-refractivity contribution in [2.24, 2.45) is 0 Å². The van der Waals surface area contributed by atoms with Gasteiger partial charge in [0.2, 0.25) is 0 Å². The number of rotatable bonds is 3. The Morgan fingerprint density at radius 2 is 2.44 bits per heavy atom. The van der Waals surface area contributed by atoms with E-state index in [1.165, 1.54) is 0 Å². The van der Waals surface area contributed by atoms with E-state index in [0.29, 0.717) is 12.8 Å². The molecular weight excluding hydrogens is 228 g/mol. The summed E-state index contributed by atoms with van der Waals surface area (Å²) in [6, 6.07) is -0.0668. The van der Waals surface area contributed by atoms with Gasteiger partial charge in [0.15, 0.2) is 9.84 Å². The lowest BCUT2D eigenvalue weighted by Crippen LogP contribution is -2.11. The Morgan fingerprint density at radius 3 is 3.00 bits per heavy atom. The van der Waals surface area contributed by atoms with Crippen LogP contribution in [0, 0.1) is 0 Å². The van der Waals surface area contributed by atoms with Crippen molar-refractivity contribution < 1.29 is 13.5 Å². The molecule has 6 heteroatoms. The number of aromatic nitrogens is 2. The highest BCUT2D eigenvalue weighted by Crippen LogP contribution is 2.24. The van der Waals surface area contributed by atoms with Gasteiger partial charge in [-0.3, -0.25) is 4.68 Å². The molecule has 1 saturated heterocycles. The fourth-order valence-corrected chi connectivity index (χ4v) is 3.65. The summed E-state index contributed by atoms with van der Waals surface area (Å²) in [7, 11) is -2.88. The molecule has 0 aromatic carbocycles. The highest BCUT2D eigenvalue weighted by molar-refractivity contribution is 7.91. The van der Waals surface area contributed by atoms with Crippen LogP contribution in [0.5, 0.6) is 0 Å². The van der Waals surface area contributed by atoms with Crippen molar-refractivity contribution in [1.82, 2.24) is 9.78 Å². The van der Waals surface area contributed by atoms with Crippen LogP contribution in [0.2, 0.25) is 0 Å². The predicted octanol–water partition coefficient (Wildman–Crippen LogP) is 0.686. The zero-order chi connectivity index (χ0) is 11.8. The van der Waals surface area contributed by atoms with Crippen LogP contribution in [-0.4, -0.2) is 34.8 Å². The third-order valence-corrected chi connectivity index (χ3v) is 4.73. The molecule has 1 fully saturated rings. The largest absolute Gasteiger partial charge is 0.388 e. The number of aliphatic hydroxyl groups is 1. The predicted molar refractivity (Wildman–Crippen MR) is 59.8 cm³/mol. The maximum atomic E-state index is 11.3. The number of hydrogen-bond acceptors (Lipinski definition) is 4. The SMILES string of the molecule is CCC(O)c1cnn(C2CCS(=O)(=O)C2)c1. The lowest BCUT2D eigenvalue weighted by molar-refractivity contribution is 0.173. The van der Waals surface area contributed by atoms with Gasteiger partial charge in [-0.2, -0.15) is 5.10 Å².